The largest absolute Gasteiger partial charge is 0.465 e. The van der Waals surface area contributed by atoms with E-state index >= 15 is 0 Å². The van der Waals surface area contributed by atoms with E-state index in [0.717, 1.165) is 51.4 Å². The molecule has 0 unspecified atom stereocenters. The minimum absolute atomic E-state index is 0.211. The highest BCUT2D eigenvalue weighted by molar-refractivity contribution is 6.00. The van der Waals surface area contributed by atoms with Crippen molar-refractivity contribution >= 4 is 11.9 Å². The molecule has 4 heteroatoms. The van der Waals surface area contributed by atoms with E-state index in [0.29, 0.717) is 13.2 Å². The average molecular weight is 355 g/mol. The van der Waals surface area contributed by atoms with Gasteiger partial charge in [0, 0.05) is 0 Å². The topological polar surface area (TPSA) is 52.6 Å². The number of carbonyl (C=O) groups excluding carboxylic acids is 2. The van der Waals surface area contributed by atoms with E-state index in [-0.39, 0.29) is 12.3 Å². The van der Waals surface area contributed by atoms with Crippen molar-refractivity contribution in [2.24, 2.45) is 11.3 Å². The third kappa shape index (κ3) is 8.06. The summed E-state index contributed by atoms with van der Waals surface area (Å²) < 4.78 is 10.9. The first-order valence-corrected chi connectivity index (χ1v) is 9.92. The number of hydrogen-bond donors (Lipinski definition) is 0. The molecule has 0 radical (unpaired) electrons. The molecule has 0 N–H and O–H groups in total. The Morgan fingerprint density at radius 3 is 1.64 bits per heavy atom. The third-order valence-corrected chi connectivity index (χ3v) is 4.64. The average Bonchev–Trinajstić information content (AvgIpc) is 2.58. The first-order valence-electron chi connectivity index (χ1n) is 9.92. The van der Waals surface area contributed by atoms with Gasteiger partial charge in [0.05, 0.1) is 13.2 Å². The van der Waals surface area contributed by atoms with Crippen molar-refractivity contribution in [1.82, 2.24) is 0 Å². The zero-order chi connectivity index (χ0) is 19.1. The van der Waals surface area contributed by atoms with E-state index in [2.05, 4.69) is 20.4 Å². The normalized spacial score (nSPS) is 11.4. The lowest BCUT2D eigenvalue weighted by Gasteiger charge is -2.32. The van der Waals surface area contributed by atoms with Crippen LogP contribution in [-0.4, -0.2) is 25.2 Å². The summed E-state index contributed by atoms with van der Waals surface area (Å²) >= 11 is 0. The molecule has 0 aliphatic heterocycles. The van der Waals surface area contributed by atoms with Gasteiger partial charge >= 0.3 is 11.9 Å². The van der Waals surface area contributed by atoms with Crippen molar-refractivity contribution in [3.8, 4) is 0 Å². The van der Waals surface area contributed by atoms with Crippen molar-refractivity contribution in [2.45, 2.75) is 85.5 Å². The molecule has 0 heterocycles. The molecule has 0 aromatic heterocycles. The number of ether oxygens (including phenoxy) is 2. The summed E-state index contributed by atoms with van der Waals surface area (Å²) in [7, 11) is 0. The van der Waals surface area contributed by atoms with E-state index in [1.165, 1.54) is 0 Å². The van der Waals surface area contributed by atoms with Gasteiger partial charge in [-0.15, -0.1) is 6.58 Å². The van der Waals surface area contributed by atoms with Gasteiger partial charge in [0.25, 0.3) is 0 Å². The summed E-state index contributed by atoms with van der Waals surface area (Å²) in [4.78, 5) is 25.5. The summed E-state index contributed by atoms with van der Waals surface area (Å²) in [5.41, 5.74) is -1.28. The molecule has 0 aromatic rings. The highest BCUT2D eigenvalue weighted by Crippen LogP contribution is 2.35. The van der Waals surface area contributed by atoms with Crippen LogP contribution in [0.3, 0.4) is 0 Å². The summed E-state index contributed by atoms with van der Waals surface area (Å²) in [5.74, 6) is -1.16. The molecule has 0 amide bonds. The number of allylic oxidation sites excluding steroid dienone is 1. The lowest BCUT2D eigenvalue weighted by molar-refractivity contribution is -0.176. The van der Waals surface area contributed by atoms with Crippen LogP contribution >= 0.6 is 0 Å². The molecule has 0 aliphatic carbocycles. The molecule has 0 fully saturated rings. The SMILES string of the molecule is C=CCC(C(=O)OCCCCCC)(C(=O)OCCCCCC)C(C)C. The van der Waals surface area contributed by atoms with Crippen LogP contribution in [0.4, 0.5) is 0 Å². The van der Waals surface area contributed by atoms with Gasteiger partial charge in [-0.25, -0.2) is 0 Å². The molecule has 25 heavy (non-hydrogen) atoms. The molecule has 4 nitrogen and oxygen atoms in total. The molecule has 0 saturated carbocycles. The Labute approximate surface area is 154 Å². The monoisotopic (exact) mass is 354 g/mol. The Balaban J connectivity index is 4.82. The van der Waals surface area contributed by atoms with Gasteiger partial charge in [0.2, 0.25) is 0 Å². The number of unbranched alkanes of at least 4 members (excludes halogenated alkanes) is 6. The molecular formula is C21H38O4. The lowest BCUT2D eigenvalue weighted by Crippen LogP contribution is -2.46. The van der Waals surface area contributed by atoms with Crippen molar-refractivity contribution < 1.29 is 19.1 Å². The molecule has 0 rings (SSSR count). The Morgan fingerprint density at radius 2 is 1.32 bits per heavy atom. The highest BCUT2D eigenvalue weighted by Gasteiger charge is 2.50. The quantitative estimate of drug-likeness (QED) is 0.170. The van der Waals surface area contributed by atoms with Crippen LogP contribution in [0.1, 0.15) is 85.5 Å². The Bertz CT molecular complexity index is 361. The minimum Gasteiger partial charge on any atom is -0.465 e. The molecular weight excluding hydrogens is 316 g/mol. The van der Waals surface area contributed by atoms with Gasteiger partial charge in [-0.2, -0.15) is 0 Å². The third-order valence-electron chi connectivity index (χ3n) is 4.64. The van der Waals surface area contributed by atoms with Gasteiger partial charge in [-0.1, -0.05) is 72.3 Å². The fourth-order valence-corrected chi connectivity index (χ4v) is 2.83. The highest BCUT2D eigenvalue weighted by atomic mass is 16.6. The van der Waals surface area contributed by atoms with Crippen molar-refractivity contribution in [3.05, 3.63) is 12.7 Å². The first-order chi connectivity index (χ1) is 12.0. The molecule has 0 saturated heterocycles. The zero-order valence-corrected chi connectivity index (χ0v) is 16.8. The van der Waals surface area contributed by atoms with Crippen LogP contribution < -0.4 is 0 Å². The van der Waals surface area contributed by atoms with Crippen molar-refractivity contribution in [3.63, 3.8) is 0 Å². The van der Waals surface area contributed by atoms with Gasteiger partial charge in [-0.3, -0.25) is 9.59 Å². The van der Waals surface area contributed by atoms with E-state index in [1.807, 2.05) is 13.8 Å². The van der Waals surface area contributed by atoms with Crippen LogP contribution in [0.15, 0.2) is 12.7 Å². The van der Waals surface area contributed by atoms with Crippen molar-refractivity contribution in [1.29, 1.82) is 0 Å². The number of esters is 2. The first kappa shape index (κ1) is 23.7. The molecule has 0 atom stereocenters. The van der Waals surface area contributed by atoms with E-state index in [1.54, 1.807) is 6.08 Å². The fourth-order valence-electron chi connectivity index (χ4n) is 2.83. The predicted molar refractivity (Wildman–Crippen MR) is 102 cm³/mol. The van der Waals surface area contributed by atoms with E-state index < -0.39 is 17.4 Å². The fraction of sp³-hybridized carbons (Fsp3) is 0.810. The summed E-state index contributed by atoms with van der Waals surface area (Å²) in [5, 5.41) is 0. The maximum atomic E-state index is 12.7. The Morgan fingerprint density at radius 1 is 0.880 bits per heavy atom. The van der Waals surface area contributed by atoms with Gasteiger partial charge in [-0.05, 0) is 25.2 Å². The standard InChI is InChI=1S/C21H38O4/c1-6-9-11-13-16-24-19(22)21(15-8-3,18(4)5)20(23)25-17-14-12-10-7-2/h8,18H,3,6-7,9-17H2,1-2,4-5H3. The Kier molecular flexibility index (Phi) is 13.2. The predicted octanol–water partition coefficient (Wildman–Crippen LogP) is 5.45. The van der Waals surface area contributed by atoms with Gasteiger partial charge in [0.15, 0.2) is 5.41 Å². The zero-order valence-electron chi connectivity index (χ0n) is 16.8. The second-order valence-corrected chi connectivity index (χ2v) is 7.01. The maximum Gasteiger partial charge on any atom is 0.324 e. The number of carbonyl (C=O) groups is 2. The molecule has 146 valence electrons. The molecule has 0 spiro atoms. The van der Waals surface area contributed by atoms with E-state index in [9.17, 15) is 9.59 Å². The maximum absolute atomic E-state index is 12.7. The minimum atomic E-state index is -1.28. The van der Waals surface area contributed by atoms with Crippen LogP contribution in [-0.2, 0) is 19.1 Å². The van der Waals surface area contributed by atoms with Crippen molar-refractivity contribution in [2.75, 3.05) is 13.2 Å². The van der Waals surface area contributed by atoms with Gasteiger partial charge < -0.3 is 9.47 Å². The lowest BCUT2D eigenvalue weighted by atomic mass is 9.74. The molecule has 0 aliphatic rings. The molecule has 0 bridgehead atoms. The smallest absolute Gasteiger partial charge is 0.324 e. The molecule has 0 aromatic carbocycles. The van der Waals surface area contributed by atoms with Gasteiger partial charge in [0.1, 0.15) is 0 Å². The second kappa shape index (κ2) is 13.9. The summed E-state index contributed by atoms with van der Waals surface area (Å²) in [6.45, 7) is 12.4. The van der Waals surface area contributed by atoms with E-state index in [4.69, 9.17) is 9.47 Å². The van der Waals surface area contributed by atoms with Crippen LogP contribution in [0, 0.1) is 11.3 Å². The summed E-state index contributed by atoms with van der Waals surface area (Å²) in [6.07, 6.45) is 10.1. The van der Waals surface area contributed by atoms with Crippen LogP contribution in [0.2, 0.25) is 0 Å². The second-order valence-electron chi connectivity index (χ2n) is 7.01. The van der Waals surface area contributed by atoms with Crippen LogP contribution in [0.25, 0.3) is 0 Å². The summed E-state index contributed by atoms with van der Waals surface area (Å²) in [6, 6.07) is 0. The Hall–Kier alpha value is -1.32. The number of hydrogen-bond acceptors (Lipinski definition) is 4. The van der Waals surface area contributed by atoms with Crippen LogP contribution in [0.5, 0.6) is 0 Å². The number of rotatable bonds is 15.